The molecule has 0 spiro atoms. The van der Waals surface area contributed by atoms with Crippen molar-refractivity contribution in [3.8, 4) is 11.3 Å². The Kier molecular flexibility index (Phi) is 2.30. The van der Waals surface area contributed by atoms with Crippen LogP contribution >= 0.6 is 11.6 Å². The van der Waals surface area contributed by atoms with Crippen LogP contribution in [0.3, 0.4) is 0 Å². The second-order valence-electron chi connectivity index (χ2n) is 3.33. The largest absolute Gasteiger partial charge is 0.266 e. The molecule has 0 aliphatic carbocycles. The van der Waals surface area contributed by atoms with Gasteiger partial charge in [0, 0.05) is 12.6 Å². The molecule has 0 radical (unpaired) electrons. The predicted octanol–water partition coefficient (Wildman–Crippen LogP) is 3.05. The van der Waals surface area contributed by atoms with Gasteiger partial charge in [-0.15, -0.1) is 0 Å². The van der Waals surface area contributed by atoms with E-state index in [2.05, 4.69) is 36.3 Å². The van der Waals surface area contributed by atoms with Gasteiger partial charge in [0.25, 0.3) is 0 Å². The molecule has 0 N–H and O–H groups in total. The summed E-state index contributed by atoms with van der Waals surface area (Å²) in [5, 5.41) is 4.79. The maximum Gasteiger partial charge on any atom is 0.0865 e. The second-order valence-corrected chi connectivity index (χ2v) is 3.74. The van der Waals surface area contributed by atoms with Gasteiger partial charge in [-0.1, -0.05) is 41.4 Å². The van der Waals surface area contributed by atoms with Crippen LogP contribution in [-0.4, -0.2) is 9.78 Å². The third-order valence-electron chi connectivity index (χ3n) is 2.22. The van der Waals surface area contributed by atoms with Gasteiger partial charge in [0.05, 0.1) is 16.9 Å². The maximum atomic E-state index is 6.04. The molecule has 3 heteroatoms. The molecular weight excluding hydrogens is 196 g/mol. The summed E-state index contributed by atoms with van der Waals surface area (Å²) in [5.74, 6) is 0. The lowest BCUT2D eigenvalue weighted by atomic mass is 10.1. The van der Waals surface area contributed by atoms with Crippen LogP contribution < -0.4 is 0 Å². The number of nitrogens with zero attached hydrogens (tertiary/aromatic N) is 2. The van der Waals surface area contributed by atoms with Gasteiger partial charge in [0.1, 0.15) is 0 Å². The van der Waals surface area contributed by atoms with Gasteiger partial charge in [-0.2, -0.15) is 5.10 Å². The minimum absolute atomic E-state index is 0.691. The smallest absolute Gasteiger partial charge is 0.0865 e. The zero-order chi connectivity index (χ0) is 10.1. The lowest BCUT2D eigenvalue weighted by Crippen LogP contribution is -1.93. The van der Waals surface area contributed by atoms with Gasteiger partial charge in [0.15, 0.2) is 0 Å². The average Bonchev–Trinajstić information content (AvgIpc) is 2.49. The van der Waals surface area contributed by atoms with Gasteiger partial charge < -0.3 is 0 Å². The van der Waals surface area contributed by atoms with E-state index in [9.17, 15) is 0 Å². The number of hydrogen-bond donors (Lipinski definition) is 0. The summed E-state index contributed by atoms with van der Waals surface area (Å²) in [6.07, 6.45) is 1.66. The first-order valence-corrected chi connectivity index (χ1v) is 4.81. The average molecular weight is 207 g/mol. The monoisotopic (exact) mass is 206 g/mol. The maximum absolute atomic E-state index is 6.04. The Hall–Kier alpha value is -1.28. The van der Waals surface area contributed by atoms with Gasteiger partial charge in [-0.25, -0.2) is 0 Å². The standard InChI is InChI=1S/C11H11ClN2/c1-8-3-5-9(6-4-8)11-10(12)7-13-14(11)2/h3-7H,1-2H3. The molecule has 1 aromatic carbocycles. The quantitative estimate of drug-likeness (QED) is 0.701. The number of hydrogen-bond acceptors (Lipinski definition) is 1. The van der Waals surface area contributed by atoms with Crippen LogP contribution in [0, 0.1) is 6.92 Å². The predicted molar refractivity (Wildman–Crippen MR) is 58.4 cm³/mol. The topological polar surface area (TPSA) is 17.8 Å². The first kappa shape index (κ1) is 9.28. The van der Waals surface area contributed by atoms with E-state index in [0.717, 1.165) is 11.3 Å². The van der Waals surface area contributed by atoms with Gasteiger partial charge in [-0.3, -0.25) is 4.68 Å². The highest BCUT2D eigenvalue weighted by Crippen LogP contribution is 2.26. The van der Waals surface area contributed by atoms with E-state index >= 15 is 0 Å². The van der Waals surface area contributed by atoms with E-state index in [0.29, 0.717) is 5.02 Å². The van der Waals surface area contributed by atoms with Crippen LogP contribution in [0.5, 0.6) is 0 Å². The Morgan fingerprint density at radius 2 is 1.86 bits per heavy atom. The van der Waals surface area contributed by atoms with Crippen molar-refractivity contribution in [1.29, 1.82) is 0 Å². The van der Waals surface area contributed by atoms with E-state index in [1.807, 2.05) is 7.05 Å². The number of benzene rings is 1. The van der Waals surface area contributed by atoms with Crippen molar-refractivity contribution in [3.05, 3.63) is 41.0 Å². The number of aryl methyl sites for hydroxylation is 2. The fourth-order valence-electron chi connectivity index (χ4n) is 1.45. The molecule has 2 aromatic rings. The molecule has 0 unspecified atom stereocenters. The third kappa shape index (κ3) is 1.53. The van der Waals surface area contributed by atoms with Gasteiger partial charge >= 0.3 is 0 Å². The summed E-state index contributed by atoms with van der Waals surface area (Å²) < 4.78 is 1.78. The van der Waals surface area contributed by atoms with E-state index in [1.165, 1.54) is 5.56 Å². The van der Waals surface area contributed by atoms with Crippen LogP contribution in [0.2, 0.25) is 5.02 Å². The second kappa shape index (κ2) is 3.46. The summed E-state index contributed by atoms with van der Waals surface area (Å²) in [6.45, 7) is 2.06. The third-order valence-corrected chi connectivity index (χ3v) is 2.50. The highest BCUT2D eigenvalue weighted by Gasteiger charge is 2.07. The Bertz CT molecular complexity index is 423. The first-order valence-electron chi connectivity index (χ1n) is 4.43. The van der Waals surface area contributed by atoms with Gasteiger partial charge in [-0.05, 0) is 6.92 Å². The van der Waals surface area contributed by atoms with Crippen LogP contribution in [0.25, 0.3) is 11.3 Å². The molecule has 0 atom stereocenters. The molecule has 0 bridgehead atoms. The molecule has 0 amide bonds. The minimum Gasteiger partial charge on any atom is -0.266 e. The van der Waals surface area contributed by atoms with E-state index in [1.54, 1.807) is 10.9 Å². The van der Waals surface area contributed by atoms with Crippen LogP contribution in [0.15, 0.2) is 30.5 Å². The highest BCUT2D eigenvalue weighted by atomic mass is 35.5. The summed E-state index contributed by atoms with van der Waals surface area (Å²) in [7, 11) is 1.89. The molecule has 0 saturated heterocycles. The molecule has 2 rings (SSSR count). The van der Waals surface area contributed by atoms with Crippen molar-refractivity contribution < 1.29 is 0 Å². The number of halogens is 1. The van der Waals surface area contributed by atoms with E-state index < -0.39 is 0 Å². The molecule has 0 fully saturated rings. The lowest BCUT2D eigenvalue weighted by molar-refractivity contribution is 0.776. The molecule has 1 aromatic heterocycles. The van der Waals surface area contributed by atoms with E-state index in [4.69, 9.17) is 11.6 Å². The molecule has 0 saturated carbocycles. The fraction of sp³-hybridized carbons (Fsp3) is 0.182. The fourth-order valence-corrected chi connectivity index (χ4v) is 1.72. The molecular formula is C11H11ClN2. The summed E-state index contributed by atoms with van der Waals surface area (Å²) in [4.78, 5) is 0. The van der Waals surface area contributed by atoms with Crippen molar-refractivity contribution in [2.45, 2.75) is 6.92 Å². The summed E-state index contributed by atoms with van der Waals surface area (Å²) in [6, 6.07) is 8.24. The van der Waals surface area contributed by atoms with Crippen molar-refractivity contribution in [1.82, 2.24) is 9.78 Å². The van der Waals surface area contributed by atoms with Crippen molar-refractivity contribution in [3.63, 3.8) is 0 Å². The zero-order valence-corrected chi connectivity index (χ0v) is 8.92. The molecule has 0 aliphatic heterocycles. The van der Waals surface area contributed by atoms with Crippen molar-refractivity contribution >= 4 is 11.6 Å². The molecule has 0 aliphatic rings. The number of aromatic nitrogens is 2. The van der Waals surface area contributed by atoms with Crippen molar-refractivity contribution in [2.24, 2.45) is 7.05 Å². The first-order chi connectivity index (χ1) is 6.68. The van der Waals surface area contributed by atoms with E-state index in [-0.39, 0.29) is 0 Å². The normalized spacial score (nSPS) is 10.5. The number of rotatable bonds is 1. The molecule has 2 nitrogen and oxygen atoms in total. The van der Waals surface area contributed by atoms with Gasteiger partial charge in [0.2, 0.25) is 0 Å². The lowest BCUT2D eigenvalue weighted by Gasteiger charge is -2.03. The zero-order valence-electron chi connectivity index (χ0n) is 8.16. The Labute approximate surface area is 88.1 Å². The SMILES string of the molecule is Cc1ccc(-c2c(Cl)cnn2C)cc1. The Morgan fingerprint density at radius 1 is 1.21 bits per heavy atom. The molecule has 1 heterocycles. The Morgan fingerprint density at radius 3 is 2.36 bits per heavy atom. The summed E-state index contributed by atoms with van der Waals surface area (Å²) in [5.41, 5.74) is 3.30. The minimum atomic E-state index is 0.691. The molecule has 14 heavy (non-hydrogen) atoms. The summed E-state index contributed by atoms with van der Waals surface area (Å²) >= 11 is 6.04. The van der Waals surface area contributed by atoms with Crippen LogP contribution in [0.4, 0.5) is 0 Å². The molecule has 72 valence electrons. The van der Waals surface area contributed by atoms with Crippen LogP contribution in [-0.2, 0) is 7.05 Å². The van der Waals surface area contributed by atoms with Crippen molar-refractivity contribution in [2.75, 3.05) is 0 Å². The highest BCUT2D eigenvalue weighted by molar-refractivity contribution is 6.33. The Balaban J connectivity index is 2.54. The van der Waals surface area contributed by atoms with Crippen LogP contribution in [0.1, 0.15) is 5.56 Å².